The van der Waals surface area contributed by atoms with E-state index in [1.807, 2.05) is 6.92 Å². The first-order valence-electron chi connectivity index (χ1n) is 5.30. The van der Waals surface area contributed by atoms with Crippen molar-refractivity contribution in [2.45, 2.75) is 19.8 Å². The van der Waals surface area contributed by atoms with Gasteiger partial charge in [-0.15, -0.1) is 0 Å². The standard InChI is InChI=1S/C10H19NO4S/c1-2-15-6-3-9(12)11-5-8-16-7-4-10(13)14/h2-8H2,1H3,(H,11,12)(H,13,14). The summed E-state index contributed by atoms with van der Waals surface area (Å²) >= 11 is 1.53. The molecule has 0 radical (unpaired) electrons. The van der Waals surface area contributed by atoms with Crippen LogP contribution in [-0.2, 0) is 14.3 Å². The number of hydrogen-bond donors (Lipinski definition) is 2. The quantitative estimate of drug-likeness (QED) is 0.558. The molecule has 2 N–H and O–H groups in total. The smallest absolute Gasteiger partial charge is 0.304 e. The maximum atomic E-state index is 11.2. The number of rotatable bonds is 10. The summed E-state index contributed by atoms with van der Waals surface area (Å²) in [6.45, 7) is 3.54. The molecule has 0 aromatic carbocycles. The summed E-state index contributed by atoms with van der Waals surface area (Å²) in [5.41, 5.74) is 0. The van der Waals surface area contributed by atoms with Crippen molar-refractivity contribution in [1.29, 1.82) is 0 Å². The molecule has 0 aromatic heterocycles. The van der Waals surface area contributed by atoms with E-state index in [0.717, 1.165) is 5.75 Å². The number of aliphatic carboxylic acids is 1. The SMILES string of the molecule is CCOCCC(=O)NCCSCCC(=O)O. The van der Waals surface area contributed by atoms with Crippen LogP contribution in [0, 0.1) is 0 Å². The summed E-state index contributed by atoms with van der Waals surface area (Å²) in [5, 5.41) is 11.1. The number of thioether (sulfide) groups is 1. The number of hydrogen-bond acceptors (Lipinski definition) is 4. The normalized spacial score (nSPS) is 10.1. The van der Waals surface area contributed by atoms with E-state index in [-0.39, 0.29) is 12.3 Å². The third-order valence-corrected chi connectivity index (χ3v) is 2.69. The molecule has 0 spiro atoms. The molecule has 0 rings (SSSR count). The van der Waals surface area contributed by atoms with E-state index in [9.17, 15) is 9.59 Å². The van der Waals surface area contributed by atoms with Crippen molar-refractivity contribution in [3.8, 4) is 0 Å². The van der Waals surface area contributed by atoms with Gasteiger partial charge >= 0.3 is 5.97 Å². The molecule has 0 aliphatic carbocycles. The van der Waals surface area contributed by atoms with Gasteiger partial charge in [0.2, 0.25) is 5.91 Å². The maximum absolute atomic E-state index is 11.2. The lowest BCUT2D eigenvalue weighted by molar-refractivity contribution is -0.136. The predicted octanol–water partition coefficient (Wildman–Crippen LogP) is 0.737. The van der Waals surface area contributed by atoms with Crippen molar-refractivity contribution in [3.05, 3.63) is 0 Å². The van der Waals surface area contributed by atoms with Crippen LogP contribution < -0.4 is 5.32 Å². The summed E-state index contributed by atoms with van der Waals surface area (Å²) < 4.78 is 5.04. The number of carboxylic acids is 1. The molecule has 1 amide bonds. The number of carbonyl (C=O) groups excluding carboxylic acids is 1. The summed E-state index contributed by atoms with van der Waals surface area (Å²) in [5.74, 6) is 0.526. The third-order valence-electron chi connectivity index (χ3n) is 1.71. The number of nitrogens with one attached hydrogen (secondary N) is 1. The lowest BCUT2D eigenvalue weighted by atomic mass is 10.4. The molecule has 5 nitrogen and oxygen atoms in total. The van der Waals surface area contributed by atoms with Crippen molar-refractivity contribution in [2.24, 2.45) is 0 Å². The van der Waals surface area contributed by atoms with Gasteiger partial charge in [-0.1, -0.05) is 0 Å². The average Bonchev–Trinajstić information content (AvgIpc) is 2.23. The van der Waals surface area contributed by atoms with Gasteiger partial charge in [0.25, 0.3) is 0 Å². The molecule has 0 atom stereocenters. The van der Waals surface area contributed by atoms with E-state index in [1.165, 1.54) is 11.8 Å². The molecule has 0 saturated heterocycles. The highest BCUT2D eigenvalue weighted by Gasteiger charge is 2.00. The van der Waals surface area contributed by atoms with Crippen LogP contribution in [0.4, 0.5) is 0 Å². The van der Waals surface area contributed by atoms with Crippen LogP contribution in [0.3, 0.4) is 0 Å². The van der Waals surface area contributed by atoms with Crippen LogP contribution in [0.2, 0.25) is 0 Å². The summed E-state index contributed by atoms with van der Waals surface area (Å²) in [7, 11) is 0. The Morgan fingerprint density at radius 3 is 2.69 bits per heavy atom. The Bertz CT molecular complexity index is 211. The Labute approximate surface area is 99.9 Å². The minimum absolute atomic E-state index is 0.0210. The number of carboxylic acid groups (broad SMARTS) is 1. The molecular formula is C10H19NO4S. The van der Waals surface area contributed by atoms with Gasteiger partial charge in [-0.25, -0.2) is 0 Å². The molecule has 0 aliphatic rings. The molecular weight excluding hydrogens is 230 g/mol. The Balaban J connectivity index is 3.18. The fourth-order valence-corrected chi connectivity index (χ4v) is 1.69. The van der Waals surface area contributed by atoms with Gasteiger partial charge in [-0.2, -0.15) is 11.8 Å². The van der Waals surface area contributed by atoms with Crippen LogP contribution in [0.1, 0.15) is 19.8 Å². The van der Waals surface area contributed by atoms with E-state index in [4.69, 9.17) is 9.84 Å². The summed E-state index contributed by atoms with van der Waals surface area (Å²) in [6, 6.07) is 0. The molecule has 0 saturated carbocycles. The van der Waals surface area contributed by atoms with Crippen molar-refractivity contribution in [1.82, 2.24) is 5.32 Å². The first-order valence-corrected chi connectivity index (χ1v) is 6.46. The molecule has 6 heteroatoms. The lowest BCUT2D eigenvalue weighted by Gasteiger charge is -2.04. The zero-order valence-corrected chi connectivity index (χ0v) is 10.3. The van der Waals surface area contributed by atoms with Crippen LogP contribution in [0.25, 0.3) is 0 Å². The molecule has 94 valence electrons. The van der Waals surface area contributed by atoms with Crippen LogP contribution in [0.5, 0.6) is 0 Å². The maximum Gasteiger partial charge on any atom is 0.304 e. The zero-order valence-electron chi connectivity index (χ0n) is 9.53. The fourth-order valence-electron chi connectivity index (χ4n) is 0.922. The van der Waals surface area contributed by atoms with E-state index in [2.05, 4.69) is 5.32 Å². The Hall–Kier alpha value is -0.750. The lowest BCUT2D eigenvalue weighted by Crippen LogP contribution is -2.26. The first-order chi connectivity index (χ1) is 7.66. The molecule has 0 aliphatic heterocycles. The van der Waals surface area contributed by atoms with Crippen molar-refractivity contribution >= 4 is 23.6 Å². The molecule has 0 fully saturated rings. The van der Waals surface area contributed by atoms with E-state index in [0.29, 0.717) is 31.9 Å². The van der Waals surface area contributed by atoms with Gasteiger partial charge in [0.05, 0.1) is 13.0 Å². The molecule has 0 unspecified atom stereocenters. The summed E-state index contributed by atoms with van der Waals surface area (Å²) in [4.78, 5) is 21.4. The van der Waals surface area contributed by atoms with Crippen LogP contribution in [-0.4, -0.2) is 48.2 Å². The number of carbonyl (C=O) groups is 2. The molecule has 0 aromatic rings. The van der Waals surface area contributed by atoms with E-state index >= 15 is 0 Å². The van der Waals surface area contributed by atoms with E-state index < -0.39 is 5.97 Å². The Kier molecular flexibility index (Phi) is 10.3. The van der Waals surface area contributed by atoms with Gasteiger partial charge in [0, 0.05) is 31.1 Å². The van der Waals surface area contributed by atoms with Crippen molar-refractivity contribution in [2.75, 3.05) is 31.3 Å². The van der Waals surface area contributed by atoms with E-state index in [1.54, 1.807) is 0 Å². The van der Waals surface area contributed by atoms with Crippen molar-refractivity contribution < 1.29 is 19.4 Å². The highest BCUT2D eigenvalue weighted by molar-refractivity contribution is 7.99. The second-order valence-electron chi connectivity index (χ2n) is 3.05. The van der Waals surface area contributed by atoms with Crippen LogP contribution >= 0.6 is 11.8 Å². The van der Waals surface area contributed by atoms with Gasteiger partial charge in [-0.05, 0) is 6.92 Å². The largest absolute Gasteiger partial charge is 0.481 e. The highest BCUT2D eigenvalue weighted by Crippen LogP contribution is 2.00. The molecule has 0 heterocycles. The van der Waals surface area contributed by atoms with Crippen LogP contribution in [0.15, 0.2) is 0 Å². The number of ether oxygens (including phenoxy) is 1. The Morgan fingerprint density at radius 1 is 1.31 bits per heavy atom. The Morgan fingerprint density at radius 2 is 2.06 bits per heavy atom. The summed E-state index contributed by atoms with van der Waals surface area (Å²) in [6.07, 6.45) is 0.552. The van der Waals surface area contributed by atoms with Gasteiger partial charge in [0.1, 0.15) is 0 Å². The second-order valence-corrected chi connectivity index (χ2v) is 4.28. The minimum atomic E-state index is -0.784. The predicted molar refractivity (Wildman–Crippen MR) is 63.7 cm³/mol. The topological polar surface area (TPSA) is 75.6 Å². The second kappa shape index (κ2) is 10.8. The van der Waals surface area contributed by atoms with Gasteiger partial charge < -0.3 is 15.2 Å². The van der Waals surface area contributed by atoms with Gasteiger partial charge in [-0.3, -0.25) is 9.59 Å². The highest BCUT2D eigenvalue weighted by atomic mass is 32.2. The van der Waals surface area contributed by atoms with Gasteiger partial charge in [0.15, 0.2) is 0 Å². The third kappa shape index (κ3) is 11.3. The fraction of sp³-hybridized carbons (Fsp3) is 0.800. The molecule has 16 heavy (non-hydrogen) atoms. The monoisotopic (exact) mass is 249 g/mol. The first kappa shape index (κ1) is 15.2. The molecule has 0 bridgehead atoms. The van der Waals surface area contributed by atoms with Crippen molar-refractivity contribution in [3.63, 3.8) is 0 Å². The average molecular weight is 249 g/mol. The number of amides is 1. The minimum Gasteiger partial charge on any atom is -0.481 e. The zero-order chi connectivity index (χ0) is 12.2.